The minimum Gasteiger partial charge on any atom is -0.383 e. The van der Waals surface area contributed by atoms with Crippen molar-refractivity contribution in [1.82, 2.24) is 29.8 Å². The van der Waals surface area contributed by atoms with Crippen LogP contribution in [0, 0.1) is 6.92 Å². The number of piperidine rings is 1. The zero-order valence-corrected chi connectivity index (χ0v) is 17.4. The summed E-state index contributed by atoms with van der Waals surface area (Å²) in [7, 11) is 0. The van der Waals surface area contributed by atoms with Gasteiger partial charge in [-0.3, -0.25) is 15.1 Å². The second-order valence-corrected chi connectivity index (χ2v) is 8.45. The van der Waals surface area contributed by atoms with E-state index in [1.54, 1.807) is 15.6 Å². The molecule has 0 saturated carbocycles. The number of urea groups is 1. The Labute approximate surface area is 183 Å². The maximum atomic E-state index is 12.2. The third-order valence-corrected chi connectivity index (χ3v) is 6.63. The number of anilines is 1. The molecule has 5 heterocycles. The molecule has 2 aliphatic rings. The number of imide groups is 1. The van der Waals surface area contributed by atoms with Gasteiger partial charge in [0.2, 0.25) is 0 Å². The Balaban J connectivity index is 1.45. The van der Waals surface area contributed by atoms with Crippen molar-refractivity contribution >= 4 is 34.3 Å². The van der Waals surface area contributed by atoms with Crippen LogP contribution in [0.4, 0.5) is 10.6 Å². The molecule has 2 saturated heterocycles. The van der Waals surface area contributed by atoms with Gasteiger partial charge >= 0.3 is 6.03 Å². The second-order valence-electron chi connectivity index (χ2n) is 8.45. The molecule has 4 aromatic rings. The van der Waals surface area contributed by atoms with E-state index in [1.165, 1.54) is 0 Å². The lowest BCUT2D eigenvalue weighted by Crippen LogP contribution is -2.42. The summed E-state index contributed by atoms with van der Waals surface area (Å²) in [6, 6.07) is 9.31. The number of fused-ring (bicyclic) bond motifs is 3. The maximum Gasteiger partial charge on any atom is 0.324 e. The van der Waals surface area contributed by atoms with Gasteiger partial charge in [-0.15, -0.1) is 0 Å². The highest BCUT2D eigenvalue weighted by Gasteiger charge is 2.43. The summed E-state index contributed by atoms with van der Waals surface area (Å²) < 4.78 is 1.65. The van der Waals surface area contributed by atoms with E-state index in [1.807, 2.05) is 37.4 Å². The van der Waals surface area contributed by atoms with Gasteiger partial charge in [-0.2, -0.15) is 9.61 Å². The smallest absolute Gasteiger partial charge is 0.324 e. The fourth-order valence-corrected chi connectivity index (χ4v) is 4.88. The number of nitrogen functional groups attached to an aromatic ring is 1. The predicted octanol–water partition coefficient (Wildman–Crippen LogP) is 2.63. The first kappa shape index (κ1) is 18.7. The number of benzene rings is 1. The molecule has 3 amide bonds. The van der Waals surface area contributed by atoms with Gasteiger partial charge in [0.25, 0.3) is 5.91 Å². The lowest BCUT2D eigenvalue weighted by atomic mass is 9.89. The van der Waals surface area contributed by atoms with Crippen LogP contribution in [0.2, 0.25) is 0 Å². The van der Waals surface area contributed by atoms with E-state index >= 15 is 0 Å². The van der Waals surface area contributed by atoms with Crippen molar-refractivity contribution in [3.63, 3.8) is 0 Å². The number of aromatic nitrogens is 4. The summed E-state index contributed by atoms with van der Waals surface area (Å²) in [4.78, 5) is 35.3. The van der Waals surface area contributed by atoms with Crippen LogP contribution in [0.5, 0.6) is 0 Å². The molecule has 0 radical (unpaired) electrons. The van der Waals surface area contributed by atoms with Crippen LogP contribution < -0.4 is 11.1 Å². The minimum absolute atomic E-state index is 0.00678. The van der Waals surface area contributed by atoms with Gasteiger partial charge in [0.1, 0.15) is 11.9 Å². The highest BCUT2D eigenvalue weighted by atomic mass is 16.2. The molecule has 2 aliphatic heterocycles. The van der Waals surface area contributed by atoms with Crippen LogP contribution in [0.1, 0.15) is 30.0 Å². The van der Waals surface area contributed by atoms with Crippen molar-refractivity contribution in [2.75, 3.05) is 12.3 Å². The lowest BCUT2D eigenvalue weighted by molar-refractivity contribution is -0.122. The van der Waals surface area contributed by atoms with E-state index in [9.17, 15) is 9.59 Å². The number of amides is 3. The summed E-state index contributed by atoms with van der Waals surface area (Å²) in [5.74, 6) is 0.303. The van der Waals surface area contributed by atoms with Gasteiger partial charge in [0, 0.05) is 40.7 Å². The van der Waals surface area contributed by atoms with E-state index in [2.05, 4.69) is 21.5 Å². The summed E-state index contributed by atoms with van der Waals surface area (Å²) in [5, 5.41) is 7.92. The van der Waals surface area contributed by atoms with Gasteiger partial charge < -0.3 is 10.6 Å². The number of carbonyl (C=O) groups is 2. The van der Waals surface area contributed by atoms with Gasteiger partial charge in [0.15, 0.2) is 5.65 Å². The largest absolute Gasteiger partial charge is 0.383 e. The predicted molar refractivity (Wildman–Crippen MR) is 119 cm³/mol. The Morgan fingerprint density at radius 1 is 1.16 bits per heavy atom. The van der Waals surface area contributed by atoms with Crippen molar-refractivity contribution in [2.45, 2.75) is 31.7 Å². The topological polar surface area (TPSA) is 119 Å². The summed E-state index contributed by atoms with van der Waals surface area (Å²) in [6.45, 7) is 2.37. The summed E-state index contributed by atoms with van der Waals surface area (Å²) in [6.07, 6.45) is 4.95. The second kappa shape index (κ2) is 6.74. The van der Waals surface area contributed by atoms with Crippen LogP contribution in [0.25, 0.3) is 27.7 Å². The van der Waals surface area contributed by atoms with Gasteiger partial charge in [0.05, 0.1) is 17.4 Å². The fraction of sp³-hybridized carbons (Fsp3) is 0.261. The highest BCUT2D eigenvalue weighted by molar-refractivity contribution is 6.04. The molecular weight excluding hydrogens is 406 g/mol. The van der Waals surface area contributed by atoms with Gasteiger partial charge in [-0.1, -0.05) is 18.2 Å². The summed E-state index contributed by atoms with van der Waals surface area (Å²) >= 11 is 0. The first-order chi connectivity index (χ1) is 15.5. The quantitative estimate of drug-likeness (QED) is 0.475. The molecule has 3 N–H and O–H groups in total. The van der Waals surface area contributed by atoms with Gasteiger partial charge in [-0.25, -0.2) is 9.78 Å². The molecular formula is C23H21N7O2. The van der Waals surface area contributed by atoms with E-state index < -0.39 is 0 Å². The van der Waals surface area contributed by atoms with E-state index in [-0.39, 0.29) is 23.9 Å². The zero-order valence-electron chi connectivity index (χ0n) is 17.4. The molecule has 2 fully saturated rings. The van der Waals surface area contributed by atoms with E-state index in [0.29, 0.717) is 24.4 Å². The average molecular weight is 427 g/mol. The van der Waals surface area contributed by atoms with Crippen LogP contribution in [-0.4, -0.2) is 49.0 Å². The molecule has 2 atom stereocenters. The van der Waals surface area contributed by atoms with Crippen molar-refractivity contribution in [1.29, 1.82) is 0 Å². The monoisotopic (exact) mass is 427 g/mol. The van der Waals surface area contributed by atoms with Crippen LogP contribution in [0.15, 0.2) is 42.7 Å². The van der Waals surface area contributed by atoms with Crippen LogP contribution in [-0.2, 0) is 4.79 Å². The Morgan fingerprint density at radius 2 is 2.00 bits per heavy atom. The van der Waals surface area contributed by atoms with E-state index in [4.69, 9.17) is 10.7 Å². The van der Waals surface area contributed by atoms with Crippen molar-refractivity contribution in [2.24, 2.45) is 0 Å². The SMILES string of the molecule is Cc1c([C@H]2CC[C@H]3C(=O)NC(=O)N3C2)nc2c(-c3cnc4ccccc4c3)cnn2c1N. The lowest BCUT2D eigenvalue weighted by Gasteiger charge is -2.33. The van der Waals surface area contributed by atoms with Crippen molar-refractivity contribution < 1.29 is 9.59 Å². The average Bonchev–Trinajstić information content (AvgIpc) is 3.36. The number of hydrogen-bond acceptors (Lipinski definition) is 6. The molecule has 9 heteroatoms. The first-order valence-corrected chi connectivity index (χ1v) is 10.6. The van der Waals surface area contributed by atoms with Crippen molar-refractivity contribution in [3.8, 4) is 11.1 Å². The van der Waals surface area contributed by atoms with Gasteiger partial charge in [-0.05, 0) is 31.9 Å². The third kappa shape index (κ3) is 2.67. The fourth-order valence-electron chi connectivity index (χ4n) is 4.88. The number of hydrogen-bond donors (Lipinski definition) is 2. The number of pyridine rings is 1. The molecule has 9 nitrogen and oxygen atoms in total. The Bertz CT molecular complexity index is 1430. The molecule has 160 valence electrons. The van der Waals surface area contributed by atoms with Crippen LogP contribution >= 0.6 is 0 Å². The first-order valence-electron chi connectivity index (χ1n) is 10.6. The van der Waals surface area contributed by atoms with Crippen molar-refractivity contribution in [3.05, 3.63) is 54.0 Å². The molecule has 6 rings (SSSR count). The highest BCUT2D eigenvalue weighted by Crippen LogP contribution is 2.36. The normalized spacial score (nSPS) is 20.7. The minimum atomic E-state index is -0.380. The summed E-state index contributed by atoms with van der Waals surface area (Å²) in [5.41, 5.74) is 11.5. The Kier molecular flexibility index (Phi) is 3.95. The zero-order chi connectivity index (χ0) is 22.0. The van der Waals surface area contributed by atoms with Crippen LogP contribution in [0.3, 0.4) is 0 Å². The molecule has 0 aliphatic carbocycles. The number of nitrogens with one attached hydrogen (secondary N) is 1. The van der Waals surface area contributed by atoms with E-state index in [0.717, 1.165) is 39.7 Å². The maximum absolute atomic E-state index is 12.2. The standard InChI is InChI=1S/C23H21N7O2/c1-12-19(14-6-7-18-22(31)28-23(32)29(18)11-14)27-21-16(10-26-30(21)20(12)24)15-8-13-4-2-3-5-17(13)25-9-15/h2-5,8-10,14,18H,6-7,11,24H2,1H3,(H,28,31,32)/t14-,18-/m0/s1. The number of carbonyl (C=O) groups excluding carboxylic acids is 2. The Morgan fingerprint density at radius 3 is 2.88 bits per heavy atom. The molecule has 32 heavy (non-hydrogen) atoms. The number of nitrogens with two attached hydrogens (primary N) is 1. The third-order valence-electron chi connectivity index (χ3n) is 6.63. The number of nitrogens with zero attached hydrogens (tertiary/aromatic N) is 5. The molecule has 0 unspecified atom stereocenters. The number of rotatable bonds is 2. The molecule has 0 spiro atoms. The Hall–Kier alpha value is -4.01. The number of para-hydroxylation sites is 1. The molecule has 1 aromatic carbocycles. The molecule has 3 aromatic heterocycles. The molecule has 0 bridgehead atoms.